The van der Waals surface area contributed by atoms with Crippen molar-refractivity contribution in [1.82, 2.24) is 15.5 Å². The van der Waals surface area contributed by atoms with E-state index in [1.165, 1.54) is 6.92 Å². The molecule has 2 heterocycles. The first kappa shape index (κ1) is 16.3. The van der Waals surface area contributed by atoms with Crippen LogP contribution in [0.4, 0.5) is 5.69 Å². The predicted molar refractivity (Wildman–Crippen MR) is 87.5 cm³/mol. The summed E-state index contributed by atoms with van der Waals surface area (Å²) < 4.78 is 5.09. The van der Waals surface area contributed by atoms with E-state index < -0.39 is 5.54 Å². The molecule has 0 spiro atoms. The minimum atomic E-state index is -0.704. The third kappa shape index (κ3) is 2.93. The highest BCUT2D eigenvalue weighted by molar-refractivity contribution is 6.32. The number of amides is 1. The molecule has 124 valence electrons. The van der Waals surface area contributed by atoms with Crippen LogP contribution in [0.15, 0.2) is 22.7 Å². The summed E-state index contributed by atoms with van der Waals surface area (Å²) in [6, 6.07) is 7.33. The van der Waals surface area contributed by atoms with Gasteiger partial charge in [0.25, 0.3) is 0 Å². The van der Waals surface area contributed by atoms with Crippen molar-refractivity contribution in [2.75, 3.05) is 18.0 Å². The molecule has 1 aliphatic heterocycles. The van der Waals surface area contributed by atoms with Crippen molar-refractivity contribution in [3.05, 3.63) is 40.5 Å². The largest absolute Gasteiger partial charge is 0.369 e. The maximum absolute atomic E-state index is 11.7. The number of nitrogens with one attached hydrogen (secondary N) is 1. The molecule has 2 aromatic rings. The van der Waals surface area contributed by atoms with Gasteiger partial charge in [-0.25, -0.2) is 0 Å². The van der Waals surface area contributed by atoms with E-state index in [0.29, 0.717) is 41.8 Å². The number of rotatable bonds is 3. The second kappa shape index (κ2) is 6.13. The maximum atomic E-state index is 11.7. The quantitative estimate of drug-likeness (QED) is 0.915. The number of aromatic nitrogens is 2. The van der Waals surface area contributed by atoms with Crippen LogP contribution in [0.2, 0.25) is 5.02 Å². The molecular weight excluding hydrogens is 330 g/mol. The van der Waals surface area contributed by atoms with Crippen LogP contribution in [-0.4, -0.2) is 29.1 Å². The van der Waals surface area contributed by atoms with Gasteiger partial charge >= 0.3 is 0 Å². The van der Waals surface area contributed by atoms with Gasteiger partial charge in [0.05, 0.1) is 10.6 Å². The van der Waals surface area contributed by atoms with E-state index in [0.717, 1.165) is 5.69 Å². The fraction of sp³-hybridized carbons (Fsp3) is 0.375. The second-order valence-electron chi connectivity index (χ2n) is 5.85. The van der Waals surface area contributed by atoms with Gasteiger partial charge in [-0.2, -0.15) is 10.2 Å². The lowest BCUT2D eigenvalue weighted by molar-refractivity contribution is -0.120. The third-order valence-corrected chi connectivity index (χ3v) is 4.39. The number of benzene rings is 1. The van der Waals surface area contributed by atoms with E-state index in [1.54, 1.807) is 19.1 Å². The molecule has 0 bridgehead atoms. The summed E-state index contributed by atoms with van der Waals surface area (Å²) in [6.45, 7) is 4.37. The first-order chi connectivity index (χ1) is 11.4. The van der Waals surface area contributed by atoms with Crippen LogP contribution in [0, 0.1) is 18.3 Å². The van der Waals surface area contributed by atoms with Crippen LogP contribution in [-0.2, 0) is 10.3 Å². The highest BCUT2D eigenvalue weighted by Crippen LogP contribution is 2.34. The number of carbonyl (C=O) groups is 1. The lowest BCUT2D eigenvalue weighted by Gasteiger charge is -2.27. The molecule has 1 fully saturated rings. The zero-order valence-corrected chi connectivity index (χ0v) is 14.1. The van der Waals surface area contributed by atoms with E-state index in [1.807, 2.05) is 12.1 Å². The summed E-state index contributed by atoms with van der Waals surface area (Å²) in [5.41, 5.74) is 0.609. The normalized spacial score (nSPS) is 20.0. The van der Waals surface area contributed by atoms with Crippen molar-refractivity contribution in [1.29, 1.82) is 5.26 Å². The molecule has 3 rings (SSSR count). The summed E-state index contributed by atoms with van der Waals surface area (Å²) in [6.07, 6.45) is 0.642. The minimum Gasteiger partial charge on any atom is -0.369 e. The summed E-state index contributed by atoms with van der Waals surface area (Å²) in [5, 5.41) is 16.4. The highest BCUT2D eigenvalue weighted by atomic mass is 35.5. The number of halogens is 1. The van der Waals surface area contributed by atoms with Crippen molar-refractivity contribution in [2.24, 2.45) is 0 Å². The average molecular weight is 346 g/mol. The van der Waals surface area contributed by atoms with E-state index in [4.69, 9.17) is 21.4 Å². The van der Waals surface area contributed by atoms with Gasteiger partial charge < -0.3 is 14.7 Å². The van der Waals surface area contributed by atoms with Crippen LogP contribution in [0.5, 0.6) is 0 Å². The summed E-state index contributed by atoms with van der Waals surface area (Å²) in [5.74, 6) is 0.768. The van der Waals surface area contributed by atoms with Gasteiger partial charge in [-0.1, -0.05) is 16.8 Å². The smallest absolute Gasteiger partial charge is 0.223 e. The monoisotopic (exact) mass is 345 g/mol. The molecule has 1 saturated heterocycles. The molecule has 24 heavy (non-hydrogen) atoms. The number of anilines is 1. The minimum absolute atomic E-state index is 0.155. The Morgan fingerprint density at radius 3 is 2.92 bits per heavy atom. The Morgan fingerprint density at radius 1 is 1.54 bits per heavy atom. The Kier molecular flexibility index (Phi) is 4.16. The Balaban J connectivity index is 1.91. The predicted octanol–water partition coefficient (Wildman–Crippen LogP) is 2.14. The van der Waals surface area contributed by atoms with Crippen molar-refractivity contribution in [3.8, 4) is 6.07 Å². The molecule has 1 aliphatic rings. The number of nitrogens with zero attached hydrogens (tertiary/aromatic N) is 4. The standard InChI is InChI=1S/C16H16ClN5O2/c1-10(23)20-16(15-19-11(2)24-21-15)5-6-22(9-16)13-4-3-12(8-18)14(17)7-13/h3-4,7H,5-6,9H2,1-2H3,(H,20,23). The maximum Gasteiger partial charge on any atom is 0.223 e. The lowest BCUT2D eigenvalue weighted by Crippen LogP contribution is -2.48. The topological polar surface area (TPSA) is 95.1 Å². The van der Waals surface area contributed by atoms with Crippen molar-refractivity contribution < 1.29 is 9.32 Å². The Morgan fingerprint density at radius 2 is 2.33 bits per heavy atom. The number of hydrogen-bond acceptors (Lipinski definition) is 6. The Bertz CT molecular complexity index is 828. The van der Waals surface area contributed by atoms with Crippen LogP contribution in [0.25, 0.3) is 0 Å². The van der Waals surface area contributed by atoms with E-state index >= 15 is 0 Å². The van der Waals surface area contributed by atoms with E-state index in [9.17, 15) is 4.79 Å². The average Bonchev–Trinajstić information content (AvgIpc) is 3.14. The fourth-order valence-corrected chi connectivity index (χ4v) is 3.21. The second-order valence-corrected chi connectivity index (χ2v) is 6.26. The van der Waals surface area contributed by atoms with E-state index in [2.05, 4.69) is 20.4 Å². The molecular formula is C16H16ClN5O2. The van der Waals surface area contributed by atoms with Gasteiger partial charge in [0.2, 0.25) is 11.8 Å². The summed E-state index contributed by atoms with van der Waals surface area (Å²) >= 11 is 6.13. The van der Waals surface area contributed by atoms with Crippen molar-refractivity contribution in [3.63, 3.8) is 0 Å². The number of hydrogen-bond donors (Lipinski definition) is 1. The molecule has 0 aliphatic carbocycles. The molecule has 1 N–H and O–H groups in total. The molecule has 1 atom stereocenters. The molecule has 1 aromatic carbocycles. The van der Waals surface area contributed by atoms with Gasteiger partial charge in [0.1, 0.15) is 11.6 Å². The zero-order valence-electron chi connectivity index (χ0n) is 13.3. The van der Waals surface area contributed by atoms with Gasteiger partial charge in [-0.15, -0.1) is 0 Å². The van der Waals surface area contributed by atoms with Gasteiger partial charge in [0, 0.05) is 32.6 Å². The van der Waals surface area contributed by atoms with Crippen molar-refractivity contribution >= 4 is 23.2 Å². The molecule has 1 unspecified atom stereocenters. The SMILES string of the molecule is CC(=O)NC1(c2noc(C)n2)CCN(c2ccc(C#N)c(Cl)c2)C1. The molecule has 0 saturated carbocycles. The van der Waals surface area contributed by atoms with Gasteiger partial charge in [-0.05, 0) is 24.6 Å². The lowest BCUT2D eigenvalue weighted by atomic mass is 9.97. The molecule has 7 nitrogen and oxygen atoms in total. The number of aryl methyl sites for hydroxylation is 1. The highest BCUT2D eigenvalue weighted by Gasteiger charge is 2.44. The van der Waals surface area contributed by atoms with Gasteiger partial charge in [-0.3, -0.25) is 4.79 Å². The Hall–Kier alpha value is -2.59. The Labute approximate surface area is 144 Å². The zero-order chi connectivity index (χ0) is 17.3. The first-order valence-electron chi connectivity index (χ1n) is 7.48. The van der Waals surface area contributed by atoms with Crippen LogP contribution in [0.1, 0.15) is 30.6 Å². The number of nitriles is 1. The first-order valence-corrected chi connectivity index (χ1v) is 7.85. The summed E-state index contributed by atoms with van der Waals surface area (Å²) in [4.78, 5) is 18.1. The van der Waals surface area contributed by atoms with Crippen LogP contribution in [0.3, 0.4) is 0 Å². The molecule has 1 aromatic heterocycles. The molecule has 1 amide bonds. The third-order valence-electron chi connectivity index (χ3n) is 4.08. The van der Waals surface area contributed by atoms with Crippen molar-refractivity contribution in [2.45, 2.75) is 25.8 Å². The molecule has 0 radical (unpaired) electrons. The van der Waals surface area contributed by atoms with Crippen LogP contribution >= 0.6 is 11.6 Å². The van der Waals surface area contributed by atoms with Gasteiger partial charge in [0.15, 0.2) is 5.82 Å². The summed E-state index contributed by atoms with van der Waals surface area (Å²) in [7, 11) is 0. The molecule has 8 heteroatoms. The van der Waals surface area contributed by atoms with Crippen LogP contribution < -0.4 is 10.2 Å². The number of carbonyl (C=O) groups excluding carboxylic acids is 1. The van der Waals surface area contributed by atoms with E-state index in [-0.39, 0.29) is 5.91 Å². The fourth-order valence-electron chi connectivity index (χ4n) is 2.99.